The van der Waals surface area contributed by atoms with Crippen molar-refractivity contribution in [1.82, 2.24) is 5.32 Å². The Bertz CT molecular complexity index is 513. The number of hydrogen-bond acceptors (Lipinski definition) is 2. The molecule has 3 nitrogen and oxygen atoms in total. The Balaban J connectivity index is 1.92. The number of nitrogens with one attached hydrogen (secondary N) is 1. The highest BCUT2D eigenvalue weighted by atomic mass is 16.4. The molecule has 2 aromatic rings. The minimum absolute atomic E-state index is 0.170. The molecule has 0 aromatic heterocycles. The summed E-state index contributed by atoms with van der Waals surface area (Å²) < 4.78 is 0. The van der Waals surface area contributed by atoms with Gasteiger partial charge in [-0.1, -0.05) is 60.7 Å². The molecule has 0 radical (unpaired) electrons. The molecule has 0 aliphatic carbocycles. The highest BCUT2D eigenvalue weighted by Gasteiger charge is 2.11. The number of carbonyl (C=O) groups is 1. The van der Waals surface area contributed by atoms with Crippen molar-refractivity contribution in [1.29, 1.82) is 0 Å². The molecule has 2 aromatic carbocycles. The van der Waals surface area contributed by atoms with Crippen molar-refractivity contribution >= 4 is 5.97 Å². The SMILES string of the molecule is O=C(O)CCNCC(Cc1ccccc1)Cc1ccccc1. The van der Waals surface area contributed by atoms with E-state index in [-0.39, 0.29) is 6.42 Å². The smallest absolute Gasteiger partial charge is 0.304 e. The number of hydrogen-bond donors (Lipinski definition) is 2. The van der Waals surface area contributed by atoms with E-state index in [0.717, 1.165) is 19.4 Å². The Labute approximate surface area is 132 Å². The Morgan fingerprint density at radius 2 is 1.41 bits per heavy atom. The van der Waals surface area contributed by atoms with Crippen LogP contribution in [-0.2, 0) is 17.6 Å². The summed E-state index contributed by atoms with van der Waals surface area (Å²) in [5, 5.41) is 12.0. The minimum atomic E-state index is -0.754. The average Bonchev–Trinajstić information content (AvgIpc) is 2.53. The summed E-state index contributed by atoms with van der Waals surface area (Å²) in [7, 11) is 0. The quantitative estimate of drug-likeness (QED) is 0.699. The highest BCUT2D eigenvalue weighted by Crippen LogP contribution is 2.14. The third-order valence-corrected chi connectivity index (χ3v) is 3.68. The molecule has 0 saturated heterocycles. The molecule has 0 bridgehead atoms. The third kappa shape index (κ3) is 6.10. The monoisotopic (exact) mass is 297 g/mol. The summed E-state index contributed by atoms with van der Waals surface area (Å²) >= 11 is 0. The third-order valence-electron chi connectivity index (χ3n) is 3.68. The summed E-state index contributed by atoms with van der Waals surface area (Å²) in [6.45, 7) is 1.35. The van der Waals surface area contributed by atoms with Crippen molar-refractivity contribution in [2.45, 2.75) is 19.3 Å². The van der Waals surface area contributed by atoms with Crippen LogP contribution in [0.15, 0.2) is 60.7 Å². The van der Waals surface area contributed by atoms with Gasteiger partial charge in [0.25, 0.3) is 0 Å². The molecule has 0 heterocycles. The molecule has 2 N–H and O–H groups in total. The van der Waals surface area contributed by atoms with Crippen LogP contribution >= 0.6 is 0 Å². The lowest BCUT2D eigenvalue weighted by Gasteiger charge is -2.18. The van der Waals surface area contributed by atoms with Crippen LogP contribution in [0.4, 0.5) is 0 Å². The molecule has 0 amide bonds. The molecule has 0 atom stereocenters. The molecule has 0 unspecified atom stereocenters. The Morgan fingerprint density at radius 3 is 1.86 bits per heavy atom. The fourth-order valence-corrected chi connectivity index (χ4v) is 2.61. The van der Waals surface area contributed by atoms with Crippen LogP contribution in [0.5, 0.6) is 0 Å². The van der Waals surface area contributed by atoms with Gasteiger partial charge in [0.05, 0.1) is 6.42 Å². The molecule has 0 fully saturated rings. The summed E-state index contributed by atoms with van der Waals surface area (Å²) in [5.41, 5.74) is 2.65. The van der Waals surface area contributed by atoms with Gasteiger partial charge < -0.3 is 10.4 Å². The van der Waals surface area contributed by atoms with Gasteiger partial charge in [-0.15, -0.1) is 0 Å². The zero-order valence-electron chi connectivity index (χ0n) is 12.7. The molecule has 0 saturated carbocycles. The molecule has 0 aliphatic heterocycles. The van der Waals surface area contributed by atoms with Gasteiger partial charge in [0.1, 0.15) is 0 Å². The predicted octanol–water partition coefficient (Wildman–Crippen LogP) is 3.15. The zero-order chi connectivity index (χ0) is 15.6. The van der Waals surface area contributed by atoms with Crippen LogP contribution in [0.3, 0.4) is 0 Å². The normalized spacial score (nSPS) is 10.8. The number of aliphatic carboxylic acids is 1. The Kier molecular flexibility index (Phi) is 6.65. The van der Waals surface area contributed by atoms with Crippen LogP contribution in [-0.4, -0.2) is 24.2 Å². The van der Waals surface area contributed by atoms with Crippen LogP contribution in [0, 0.1) is 5.92 Å². The lowest BCUT2D eigenvalue weighted by Crippen LogP contribution is -2.27. The lowest BCUT2D eigenvalue weighted by atomic mass is 9.92. The van der Waals surface area contributed by atoms with E-state index in [4.69, 9.17) is 5.11 Å². The summed E-state index contributed by atoms with van der Waals surface area (Å²) in [4.78, 5) is 10.6. The van der Waals surface area contributed by atoms with Crippen LogP contribution in [0.25, 0.3) is 0 Å². The second kappa shape index (κ2) is 9.00. The predicted molar refractivity (Wildman–Crippen MR) is 88.9 cm³/mol. The molecular formula is C19H23NO2. The second-order valence-corrected chi connectivity index (χ2v) is 5.59. The van der Waals surface area contributed by atoms with Crippen LogP contribution in [0.1, 0.15) is 17.5 Å². The minimum Gasteiger partial charge on any atom is -0.481 e. The van der Waals surface area contributed by atoms with E-state index in [0.29, 0.717) is 12.5 Å². The number of carboxylic acid groups (broad SMARTS) is 1. The average molecular weight is 297 g/mol. The topological polar surface area (TPSA) is 49.3 Å². The van der Waals surface area contributed by atoms with E-state index in [1.54, 1.807) is 0 Å². The van der Waals surface area contributed by atoms with E-state index < -0.39 is 5.97 Å². The maximum absolute atomic E-state index is 10.6. The van der Waals surface area contributed by atoms with Gasteiger partial charge >= 0.3 is 5.97 Å². The Hall–Kier alpha value is -2.13. The van der Waals surface area contributed by atoms with Gasteiger partial charge in [0.15, 0.2) is 0 Å². The maximum atomic E-state index is 10.6. The van der Waals surface area contributed by atoms with E-state index in [2.05, 4.69) is 53.8 Å². The van der Waals surface area contributed by atoms with Gasteiger partial charge in [-0.25, -0.2) is 0 Å². The molecule has 116 valence electrons. The molecule has 0 spiro atoms. The lowest BCUT2D eigenvalue weighted by molar-refractivity contribution is -0.136. The van der Waals surface area contributed by atoms with Crippen LogP contribution in [0.2, 0.25) is 0 Å². The van der Waals surface area contributed by atoms with Crippen molar-refractivity contribution in [2.24, 2.45) is 5.92 Å². The molecule has 0 aliphatic rings. The standard InChI is InChI=1S/C19H23NO2/c21-19(22)11-12-20-15-18(13-16-7-3-1-4-8-16)14-17-9-5-2-6-10-17/h1-10,18,20H,11-15H2,(H,21,22). The van der Waals surface area contributed by atoms with Crippen molar-refractivity contribution in [2.75, 3.05) is 13.1 Å². The van der Waals surface area contributed by atoms with Gasteiger partial charge in [-0.3, -0.25) is 4.79 Å². The number of carboxylic acids is 1. The van der Waals surface area contributed by atoms with Crippen molar-refractivity contribution in [3.63, 3.8) is 0 Å². The van der Waals surface area contributed by atoms with E-state index in [1.165, 1.54) is 11.1 Å². The second-order valence-electron chi connectivity index (χ2n) is 5.59. The molecular weight excluding hydrogens is 274 g/mol. The maximum Gasteiger partial charge on any atom is 0.304 e. The molecule has 22 heavy (non-hydrogen) atoms. The Morgan fingerprint density at radius 1 is 0.909 bits per heavy atom. The molecule has 3 heteroatoms. The highest BCUT2D eigenvalue weighted by molar-refractivity contribution is 5.66. The van der Waals surface area contributed by atoms with Crippen molar-refractivity contribution in [3.05, 3.63) is 71.8 Å². The fourth-order valence-electron chi connectivity index (χ4n) is 2.61. The van der Waals surface area contributed by atoms with Gasteiger partial charge in [-0.05, 0) is 36.4 Å². The molecule has 2 rings (SSSR count). The van der Waals surface area contributed by atoms with Gasteiger partial charge in [0, 0.05) is 6.54 Å². The largest absolute Gasteiger partial charge is 0.481 e. The van der Waals surface area contributed by atoms with E-state index in [9.17, 15) is 4.79 Å². The van der Waals surface area contributed by atoms with E-state index in [1.807, 2.05) is 12.1 Å². The van der Waals surface area contributed by atoms with Crippen molar-refractivity contribution in [3.8, 4) is 0 Å². The van der Waals surface area contributed by atoms with E-state index >= 15 is 0 Å². The summed E-state index contributed by atoms with van der Waals surface area (Å²) in [6, 6.07) is 20.9. The summed E-state index contributed by atoms with van der Waals surface area (Å²) in [5.74, 6) is -0.297. The first-order valence-corrected chi connectivity index (χ1v) is 7.74. The fraction of sp³-hybridized carbons (Fsp3) is 0.316. The zero-order valence-corrected chi connectivity index (χ0v) is 12.7. The first kappa shape index (κ1) is 16.2. The number of rotatable bonds is 9. The first-order valence-electron chi connectivity index (χ1n) is 7.74. The van der Waals surface area contributed by atoms with Crippen molar-refractivity contribution < 1.29 is 9.90 Å². The summed E-state index contributed by atoms with van der Waals surface area (Å²) in [6.07, 6.45) is 2.16. The van der Waals surface area contributed by atoms with Crippen LogP contribution < -0.4 is 5.32 Å². The first-order chi connectivity index (χ1) is 10.7. The number of benzene rings is 2. The van der Waals surface area contributed by atoms with Gasteiger partial charge in [-0.2, -0.15) is 0 Å². The van der Waals surface area contributed by atoms with Gasteiger partial charge in [0.2, 0.25) is 0 Å².